The second-order valence-electron chi connectivity index (χ2n) is 7.45. The lowest BCUT2D eigenvalue weighted by atomic mass is 9.83. The molecule has 3 aliphatic carbocycles. The van der Waals surface area contributed by atoms with E-state index < -0.39 is 0 Å². The van der Waals surface area contributed by atoms with E-state index in [0.29, 0.717) is 5.92 Å². The van der Waals surface area contributed by atoms with Gasteiger partial charge in [-0.05, 0) is 50.7 Å². The van der Waals surface area contributed by atoms with Gasteiger partial charge in [0, 0.05) is 5.70 Å². The van der Waals surface area contributed by atoms with Crippen molar-refractivity contribution in [2.24, 2.45) is 5.92 Å². The molecule has 0 atom stereocenters. The molecule has 0 radical (unpaired) electrons. The first-order valence-corrected chi connectivity index (χ1v) is 8.49. The van der Waals surface area contributed by atoms with Crippen LogP contribution in [0.2, 0.25) is 0 Å². The van der Waals surface area contributed by atoms with Gasteiger partial charge in [0.2, 0.25) is 0 Å². The highest BCUT2D eigenvalue weighted by Gasteiger charge is 2.84. The molecule has 3 fully saturated rings. The quantitative estimate of drug-likeness (QED) is 0.814. The zero-order valence-corrected chi connectivity index (χ0v) is 13.7. The van der Waals surface area contributed by atoms with Crippen LogP contribution in [0.3, 0.4) is 0 Å². The van der Waals surface area contributed by atoms with Gasteiger partial charge in [-0.25, -0.2) is 0 Å². The number of hydrogen-bond donors (Lipinski definition) is 2. The normalized spacial score (nSPS) is 30.7. The van der Waals surface area contributed by atoms with Gasteiger partial charge in [-0.15, -0.1) is 0 Å². The second-order valence-corrected chi connectivity index (χ2v) is 7.45. The molecule has 2 N–H and O–H groups in total. The zero-order valence-electron chi connectivity index (χ0n) is 13.7. The van der Waals surface area contributed by atoms with E-state index in [1.54, 1.807) is 0 Å². The fourth-order valence-corrected chi connectivity index (χ4v) is 3.56. The lowest BCUT2D eigenvalue weighted by Crippen LogP contribution is -2.36. The molecule has 4 rings (SSSR count). The number of rotatable bonds is 7. The summed E-state index contributed by atoms with van der Waals surface area (Å²) in [6.45, 7) is 6.28. The number of ether oxygens (including phenoxy) is 1. The van der Waals surface area contributed by atoms with E-state index >= 15 is 0 Å². The van der Waals surface area contributed by atoms with E-state index in [1.165, 1.54) is 30.5 Å². The minimum absolute atomic E-state index is 0.0343. The Morgan fingerprint density at radius 2 is 1.87 bits per heavy atom. The predicted molar refractivity (Wildman–Crippen MR) is 89.1 cm³/mol. The number of fused-ring (bicyclic) bond motifs is 1. The highest BCUT2D eigenvalue weighted by molar-refractivity contribution is 5.81. The van der Waals surface area contributed by atoms with Crippen LogP contribution in [0.4, 0.5) is 0 Å². The largest absolute Gasteiger partial charge is 0.484 e. The molecule has 0 spiro atoms. The molecule has 0 heterocycles. The minimum atomic E-state index is -0.0407. The molecule has 3 saturated carbocycles. The maximum Gasteiger partial charge on any atom is 0.258 e. The molecule has 0 bridgehead atoms. The van der Waals surface area contributed by atoms with E-state index in [2.05, 4.69) is 17.2 Å². The number of nitrogens with one attached hydrogen (secondary N) is 2. The third-order valence-corrected chi connectivity index (χ3v) is 5.64. The van der Waals surface area contributed by atoms with Crippen LogP contribution < -0.4 is 15.4 Å². The molecule has 23 heavy (non-hydrogen) atoms. The van der Waals surface area contributed by atoms with E-state index in [-0.39, 0.29) is 23.6 Å². The Morgan fingerprint density at radius 3 is 2.48 bits per heavy atom. The summed E-state index contributed by atoms with van der Waals surface area (Å²) in [4.78, 5) is 12.1. The Labute approximate surface area is 137 Å². The van der Waals surface area contributed by atoms with Crippen molar-refractivity contribution in [2.75, 3.05) is 6.61 Å². The fraction of sp³-hybridized carbons (Fsp3) is 0.526. The number of benzene rings is 1. The maximum atomic E-state index is 12.1. The SMILES string of the molecule is C=C(NC12CC1(NC(=O)COc1ccc(C)cc1)C2)C1CCC1. The molecule has 4 heteroatoms. The smallest absolute Gasteiger partial charge is 0.258 e. The van der Waals surface area contributed by atoms with Crippen molar-refractivity contribution in [3.8, 4) is 5.75 Å². The summed E-state index contributed by atoms with van der Waals surface area (Å²) in [7, 11) is 0. The monoisotopic (exact) mass is 312 g/mol. The molecule has 1 amide bonds. The molecule has 1 aromatic rings. The van der Waals surface area contributed by atoms with Crippen LogP contribution in [0.15, 0.2) is 36.5 Å². The van der Waals surface area contributed by atoms with Gasteiger partial charge in [-0.1, -0.05) is 30.7 Å². The summed E-state index contributed by atoms with van der Waals surface area (Å²) in [5.41, 5.74) is 2.41. The average Bonchev–Trinajstić information content (AvgIpc) is 3.21. The summed E-state index contributed by atoms with van der Waals surface area (Å²) in [5.74, 6) is 1.34. The van der Waals surface area contributed by atoms with Crippen LogP contribution in [0.1, 0.15) is 37.7 Å². The molecule has 4 nitrogen and oxygen atoms in total. The number of hydrogen-bond acceptors (Lipinski definition) is 3. The van der Waals surface area contributed by atoms with E-state index in [4.69, 9.17) is 4.74 Å². The zero-order chi connectivity index (χ0) is 16.1. The van der Waals surface area contributed by atoms with Gasteiger partial charge in [0.15, 0.2) is 6.61 Å². The summed E-state index contributed by atoms with van der Waals surface area (Å²) < 4.78 is 5.54. The summed E-state index contributed by atoms with van der Waals surface area (Å²) >= 11 is 0. The Hall–Kier alpha value is -1.97. The molecule has 0 aliphatic heterocycles. The van der Waals surface area contributed by atoms with Crippen LogP contribution in [0.5, 0.6) is 5.75 Å². The van der Waals surface area contributed by atoms with Crippen molar-refractivity contribution in [1.29, 1.82) is 0 Å². The van der Waals surface area contributed by atoms with Crippen LogP contribution in [0, 0.1) is 12.8 Å². The number of carbonyl (C=O) groups excluding carboxylic acids is 1. The first-order chi connectivity index (χ1) is 11.0. The first kappa shape index (κ1) is 14.6. The van der Waals surface area contributed by atoms with Crippen molar-refractivity contribution in [3.63, 3.8) is 0 Å². The third-order valence-electron chi connectivity index (χ3n) is 5.64. The molecule has 0 saturated heterocycles. The van der Waals surface area contributed by atoms with E-state index in [0.717, 1.165) is 18.6 Å². The van der Waals surface area contributed by atoms with Crippen LogP contribution >= 0.6 is 0 Å². The Kier molecular flexibility index (Phi) is 3.19. The number of allylic oxidation sites excluding steroid dienone is 1. The molecule has 1 aromatic carbocycles. The Balaban J connectivity index is 1.23. The Morgan fingerprint density at radius 1 is 1.22 bits per heavy atom. The van der Waals surface area contributed by atoms with Crippen LogP contribution in [-0.2, 0) is 4.79 Å². The number of amides is 1. The highest BCUT2D eigenvalue weighted by Crippen LogP contribution is 2.71. The number of carbonyl (C=O) groups is 1. The van der Waals surface area contributed by atoms with Crippen LogP contribution in [0.25, 0.3) is 0 Å². The van der Waals surface area contributed by atoms with E-state index in [9.17, 15) is 4.79 Å². The predicted octanol–water partition coefficient (Wildman–Crippen LogP) is 2.68. The molecule has 0 aromatic heterocycles. The summed E-state index contributed by atoms with van der Waals surface area (Å²) in [6.07, 6.45) is 5.86. The average molecular weight is 312 g/mol. The van der Waals surface area contributed by atoms with Gasteiger partial charge in [0.1, 0.15) is 5.75 Å². The van der Waals surface area contributed by atoms with Gasteiger partial charge in [-0.3, -0.25) is 4.79 Å². The Bertz CT molecular complexity index is 640. The van der Waals surface area contributed by atoms with Crippen molar-refractivity contribution in [1.82, 2.24) is 10.6 Å². The van der Waals surface area contributed by atoms with Crippen molar-refractivity contribution >= 4 is 5.91 Å². The number of aryl methyl sites for hydroxylation is 1. The maximum absolute atomic E-state index is 12.1. The molecule has 3 aliphatic rings. The summed E-state index contributed by atoms with van der Waals surface area (Å²) in [5, 5.41) is 6.72. The van der Waals surface area contributed by atoms with Gasteiger partial charge in [0.25, 0.3) is 5.91 Å². The topological polar surface area (TPSA) is 50.4 Å². The molecule has 0 unspecified atom stereocenters. The molecular weight excluding hydrogens is 288 g/mol. The van der Waals surface area contributed by atoms with Crippen LogP contribution in [-0.4, -0.2) is 23.6 Å². The lowest BCUT2D eigenvalue weighted by molar-refractivity contribution is -0.123. The van der Waals surface area contributed by atoms with Crippen molar-refractivity contribution < 1.29 is 9.53 Å². The van der Waals surface area contributed by atoms with Gasteiger partial charge >= 0.3 is 0 Å². The molecule has 122 valence electrons. The fourth-order valence-electron chi connectivity index (χ4n) is 3.56. The molecular formula is C19H24N2O2. The van der Waals surface area contributed by atoms with Gasteiger partial charge in [-0.2, -0.15) is 0 Å². The third kappa shape index (κ3) is 2.60. The van der Waals surface area contributed by atoms with Gasteiger partial charge in [0.05, 0.1) is 11.1 Å². The van der Waals surface area contributed by atoms with Crippen molar-refractivity contribution in [3.05, 3.63) is 42.1 Å². The minimum Gasteiger partial charge on any atom is -0.484 e. The lowest BCUT2D eigenvalue weighted by Gasteiger charge is -2.29. The second kappa shape index (κ2) is 5.02. The highest BCUT2D eigenvalue weighted by atomic mass is 16.5. The van der Waals surface area contributed by atoms with Gasteiger partial charge < -0.3 is 15.4 Å². The standard InChI is InChI=1S/C19H24N2O2/c1-13-6-8-16(9-7-13)23-10-17(22)21-19-11-18(19,12-19)20-14(2)15-4-3-5-15/h6-9,15,20H,2-5,10-12H2,1H3,(H,21,22). The van der Waals surface area contributed by atoms with E-state index in [1.807, 2.05) is 31.2 Å². The van der Waals surface area contributed by atoms with Crippen molar-refractivity contribution in [2.45, 2.75) is 50.1 Å². The summed E-state index contributed by atoms with van der Waals surface area (Å²) in [6, 6.07) is 7.75. The first-order valence-electron chi connectivity index (χ1n) is 8.49.